The first-order valence-electron chi connectivity index (χ1n) is 8.04. The molecule has 3 N–H and O–H groups in total. The van der Waals surface area contributed by atoms with Crippen molar-refractivity contribution in [3.8, 4) is 5.75 Å². The minimum absolute atomic E-state index is 0.0845. The van der Waals surface area contributed by atoms with Gasteiger partial charge in [-0.15, -0.1) is 0 Å². The van der Waals surface area contributed by atoms with Gasteiger partial charge < -0.3 is 10.1 Å². The average Bonchev–Trinajstić information content (AvgIpc) is 2.42. The number of amides is 1. The van der Waals surface area contributed by atoms with Crippen LogP contribution in [0.15, 0.2) is 24.3 Å². The number of hydrogen-bond donors (Lipinski definition) is 3. The van der Waals surface area contributed by atoms with Gasteiger partial charge in [0.15, 0.2) is 11.2 Å². The fourth-order valence-corrected chi connectivity index (χ4v) is 2.24. The number of carbonyl (C=O) groups is 1. The first-order valence-corrected chi connectivity index (χ1v) is 8.44. The lowest BCUT2D eigenvalue weighted by Gasteiger charge is -2.23. The van der Waals surface area contributed by atoms with Gasteiger partial charge in [-0.1, -0.05) is 32.9 Å². The summed E-state index contributed by atoms with van der Waals surface area (Å²) in [5.74, 6) is 0.356. The van der Waals surface area contributed by atoms with Gasteiger partial charge in [0.2, 0.25) is 0 Å². The molecule has 0 bridgehead atoms. The zero-order valence-corrected chi connectivity index (χ0v) is 16.4. The molecule has 0 aliphatic heterocycles. The van der Waals surface area contributed by atoms with Crippen LogP contribution in [0.2, 0.25) is 0 Å². The molecule has 0 saturated heterocycles. The van der Waals surface area contributed by atoms with Crippen molar-refractivity contribution in [1.29, 1.82) is 0 Å². The Morgan fingerprint density at radius 2 is 1.58 bits per heavy atom. The van der Waals surface area contributed by atoms with Gasteiger partial charge in [0, 0.05) is 5.54 Å². The van der Waals surface area contributed by atoms with Gasteiger partial charge >= 0.3 is 0 Å². The van der Waals surface area contributed by atoms with E-state index in [9.17, 15) is 4.79 Å². The molecule has 1 aromatic rings. The summed E-state index contributed by atoms with van der Waals surface area (Å²) >= 11 is 5.11. The third-order valence-electron chi connectivity index (χ3n) is 3.19. The van der Waals surface area contributed by atoms with Crippen LogP contribution in [0, 0.1) is 0 Å². The van der Waals surface area contributed by atoms with Crippen LogP contribution in [0.3, 0.4) is 0 Å². The maximum Gasteiger partial charge on any atom is 0.279 e. The van der Waals surface area contributed by atoms with Crippen LogP contribution in [-0.2, 0) is 10.2 Å². The second kappa shape index (κ2) is 7.83. The monoisotopic (exact) mass is 351 g/mol. The van der Waals surface area contributed by atoms with E-state index < -0.39 is 6.10 Å². The number of carbonyl (C=O) groups excluding carboxylic acids is 1. The predicted molar refractivity (Wildman–Crippen MR) is 102 cm³/mol. The highest BCUT2D eigenvalue weighted by atomic mass is 32.1. The second-order valence-electron chi connectivity index (χ2n) is 7.85. The lowest BCUT2D eigenvalue weighted by atomic mass is 9.87. The Bertz CT molecular complexity index is 571. The number of ether oxygens (including phenoxy) is 1. The summed E-state index contributed by atoms with van der Waals surface area (Å²) in [6.07, 6.45) is -0.643. The standard InChI is InChI=1S/C18H29N3O2S/c1-12(15(22)20-21-16(24)19-18(5,6)7)23-14-10-8-13(9-11-14)17(2,3)4/h8-12H,1-7H3,(H,20,22)(H2,19,21,24)/t12-/m0/s1. The molecule has 1 atom stereocenters. The van der Waals surface area contributed by atoms with Crippen LogP contribution in [0.1, 0.15) is 54.0 Å². The van der Waals surface area contributed by atoms with Gasteiger partial charge in [0.05, 0.1) is 0 Å². The molecule has 0 spiro atoms. The summed E-state index contributed by atoms with van der Waals surface area (Å²) in [4.78, 5) is 12.1. The summed E-state index contributed by atoms with van der Waals surface area (Å²) < 4.78 is 5.66. The molecule has 0 radical (unpaired) electrons. The maximum absolute atomic E-state index is 12.1. The van der Waals surface area contributed by atoms with E-state index in [1.54, 1.807) is 6.92 Å². The van der Waals surface area contributed by atoms with Gasteiger partial charge in [0.25, 0.3) is 5.91 Å². The highest BCUT2D eigenvalue weighted by molar-refractivity contribution is 7.80. The summed E-state index contributed by atoms with van der Waals surface area (Å²) in [6, 6.07) is 7.79. The molecule has 134 valence electrons. The maximum atomic E-state index is 12.1. The molecule has 1 amide bonds. The van der Waals surface area contributed by atoms with Crippen LogP contribution >= 0.6 is 12.2 Å². The molecule has 0 saturated carbocycles. The van der Waals surface area contributed by atoms with Gasteiger partial charge in [-0.05, 0) is 63.0 Å². The van der Waals surface area contributed by atoms with Crippen molar-refractivity contribution in [1.82, 2.24) is 16.2 Å². The zero-order chi connectivity index (χ0) is 18.5. The van der Waals surface area contributed by atoms with E-state index in [-0.39, 0.29) is 16.9 Å². The number of hydrogen-bond acceptors (Lipinski definition) is 3. The quantitative estimate of drug-likeness (QED) is 0.577. The molecular formula is C18H29N3O2S. The summed E-state index contributed by atoms with van der Waals surface area (Å²) in [6.45, 7) is 14.1. The van der Waals surface area contributed by atoms with Gasteiger partial charge in [-0.3, -0.25) is 15.6 Å². The number of hydrazine groups is 1. The van der Waals surface area contributed by atoms with Crippen LogP contribution in [0.4, 0.5) is 0 Å². The van der Waals surface area contributed by atoms with Crippen LogP contribution in [0.5, 0.6) is 5.75 Å². The Hall–Kier alpha value is -1.82. The Balaban J connectivity index is 2.51. The van der Waals surface area contributed by atoms with E-state index in [0.717, 1.165) is 0 Å². The molecule has 0 heterocycles. The largest absolute Gasteiger partial charge is 0.481 e. The van der Waals surface area contributed by atoms with E-state index in [1.165, 1.54) is 5.56 Å². The number of nitrogens with one attached hydrogen (secondary N) is 3. The van der Waals surface area contributed by atoms with E-state index >= 15 is 0 Å². The van der Waals surface area contributed by atoms with E-state index in [0.29, 0.717) is 10.9 Å². The van der Waals surface area contributed by atoms with Crippen molar-refractivity contribution in [2.45, 2.75) is 65.5 Å². The van der Waals surface area contributed by atoms with Crippen LogP contribution < -0.4 is 20.9 Å². The van der Waals surface area contributed by atoms with Gasteiger partial charge in [0.1, 0.15) is 5.75 Å². The fraction of sp³-hybridized carbons (Fsp3) is 0.556. The fourth-order valence-electron chi connectivity index (χ4n) is 1.88. The Kier molecular flexibility index (Phi) is 6.60. The highest BCUT2D eigenvalue weighted by Crippen LogP contribution is 2.24. The molecule has 0 fully saturated rings. The topological polar surface area (TPSA) is 62.4 Å². The predicted octanol–water partition coefficient (Wildman–Crippen LogP) is 3.05. The molecule has 1 aromatic carbocycles. The molecule has 0 aromatic heterocycles. The van der Waals surface area contributed by atoms with Crippen molar-refractivity contribution in [3.63, 3.8) is 0 Å². The lowest BCUT2D eigenvalue weighted by molar-refractivity contribution is -0.127. The minimum atomic E-state index is -0.643. The average molecular weight is 352 g/mol. The third-order valence-corrected chi connectivity index (χ3v) is 3.39. The molecule has 1 rings (SSSR count). The number of rotatable bonds is 3. The first kappa shape index (κ1) is 20.2. The summed E-state index contributed by atoms with van der Waals surface area (Å²) in [5.41, 5.74) is 6.34. The number of benzene rings is 1. The molecule has 5 nitrogen and oxygen atoms in total. The van der Waals surface area contributed by atoms with E-state index in [1.807, 2.05) is 45.0 Å². The molecule has 6 heteroatoms. The Morgan fingerprint density at radius 1 is 1.04 bits per heavy atom. The van der Waals surface area contributed by atoms with Crippen molar-refractivity contribution < 1.29 is 9.53 Å². The molecule has 0 unspecified atom stereocenters. The minimum Gasteiger partial charge on any atom is -0.481 e. The SMILES string of the molecule is C[C@H](Oc1ccc(C(C)(C)C)cc1)C(=O)NNC(=S)NC(C)(C)C. The third kappa shape index (κ3) is 7.17. The second-order valence-corrected chi connectivity index (χ2v) is 8.26. The lowest BCUT2D eigenvalue weighted by Crippen LogP contribution is -2.54. The molecule has 0 aliphatic rings. The van der Waals surface area contributed by atoms with Gasteiger partial charge in [-0.25, -0.2) is 0 Å². The van der Waals surface area contributed by atoms with E-state index in [4.69, 9.17) is 17.0 Å². The van der Waals surface area contributed by atoms with Crippen molar-refractivity contribution in [2.75, 3.05) is 0 Å². The van der Waals surface area contributed by atoms with Crippen molar-refractivity contribution in [3.05, 3.63) is 29.8 Å². The molecule has 0 aliphatic carbocycles. The van der Waals surface area contributed by atoms with Crippen LogP contribution in [0.25, 0.3) is 0 Å². The normalized spacial score (nSPS) is 13.0. The van der Waals surface area contributed by atoms with Crippen molar-refractivity contribution in [2.24, 2.45) is 0 Å². The van der Waals surface area contributed by atoms with Crippen molar-refractivity contribution >= 4 is 23.2 Å². The molecule has 24 heavy (non-hydrogen) atoms. The van der Waals surface area contributed by atoms with Gasteiger partial charge in [-0.2, -0.15) is 0 Å². The Morgan fingerprint density at radius 3 is 2.04 bits per heavy atom. The molecular weight excluding hydrogens is 322 g/mol. The zero-order valence-electron chi connectivity index (χ0n) is 15.6. The summed E-state index contributed by atoms with van der Waals surface area (Å²) in [5, 5.41) is 3.41. The van der Waals surface area contributed by atoms with Crippen LogP contribution in [-0.4, -0.2) is 22.7 Å². The Labute approximate surface area is 150 Å². The first-order chi connectivity index (χ1) is 10.9. The number of thiocarbonyl (C=S) groups is 1. The summed E-state index contributed by atoms with van der Waals surface area (Å²) in [7, 11) is 0. The van der Waals surface area contributed by atoms with E-state index in [2.05, 4.69) is 36.9 Å². The highest BCUT2D eigenvalue weighted by Gasteiger charge is 2.17. The smallest absolute Gasteiger partial charge is 0.279 e.